The highest BCUT2D eigenvalue weighted by Gasteiger charge is 2.13. The molecular weight excluding hydrogens is 280 g/mol. The monoisotopic (exact) mass is 286 g/mol. The summed E-state index contributed by atoms with van der Waals surface area (Å²) in [5, 5.41) is 14.7. The molecule has 2 heterocycles. The van der Waals surface area contributed by atoms with Crippen molar-refractivity contribution in [2.24, 2.45) is 7.05 Å². The molecule has 2 aromatic heterocycles. The Hall–Kier alpha value is -1.14. The predicted octanol–water partition coefficient (Wildman–Crippen LogP) is 2.61. The molecular formula is C9H7BrN2O2S. The quantitative estimate of drug-likeness (QED) is 0.923. The highest BCUT2D eigenvalue weighted by Crippen LogP contribution is 2.30. The summed E-state index contributed by atoms with van der Waals surface area (Å²) in [6.45, 7) is 0. The van der Waals surface area contributed by atoms with Gasteiger partial charge < -0.3 is 5.11 Å². The Bertz CT molecular complexity index is 498. The van der Waals surface area contributed by atoms with Crippen LogP contribution in [0.5, 0.6) is 0 Å². The van der Waals surface area contributed by atoms with Gasteiger partial charge >= 0.3 is 5.97 Å². The zero-order valence-electron chi connectivity index (χ0n) is 7.77. The van der Waals surface area contributed by atoms with Gasteiger partial charge in [0.1, 0.15) is 4.88 Å². The number of carboxylic acid groups (broad SMARTS) is 1. The Kier molecular flexibility index (Phi) is 2.62. The molecule has 0 aliphatic rings. The molecule has 6 heteroatoms. The maximum atomic E-state index is 10.7. The van der Waals surface area contributed by atoms with Crippen molar-refractivity contribution in [3.05, 3.63) is 27.0 Å². The normalized spacial score (nSPS) is 10.5. The van der Waals surface area contributed by atoms with Crippen LogP contribution in [-0.2, 0) is 7.05 Å². The van der Waals surface area contributed by atoms with Gasteiger partial charge in [-0.05, 0) is 22.0 Å². The molecule has 0 radical (unpaired) electrons. The van der Waals surface area contributed by atoms with E-state index < -0.39 is 5.97 Å². The van der Waals surface area contributed by atoms with E-state index in [0.717, 1.165) is 15.7 Å². The van der Waals surface area contributed by atoms with Gasteiger partial charge in [0, 0.05) is 18.0 Å². The Morgan fingerprint density at radius 2 is 2.40 bits per heavy atom. The van der Waals surface area contributed by atoms with Crippen molar-refractivity contribution in [1.29, 1.82) is 0 Å². The SMILES string of the molecule is Cn1ncc(Br)c1-c1csc(C(=O)O)c1. The van der Waals surface area contributed by atoms with Gasteiger partial charge in [0.25, 0.3) is 0 Å². The molecule has 4 nitrogen and oxygen atoms in total. The average Bonchev–Trinajstić information content (AvgIpc) is 2.73. The van der Waals surface area contributed by atoms with Gasteiger partial charge in [0.05, 0.1) is 16.4 Å². The minimum Gasteiger partial charge on any atom is -0.477 e. The first-order valence-corrected chi connectivity index (χ1v) is 5.76. The first-order chi connectivity index (χ1) is 7.09. The van der Waals surface area contributed by atoms with Crippen LogP contribution in [0.15, 0.2) is 22.1 Å². The summed E-state index contributed by atoms with van der Waals surface area (Å²) in [6, 6.07) is 1.65. The van der Waals surface area contributed by atoms with Gasteiger partial charge in [-0.15, -0.1) is 11.3 Å². The Morgan fingerprint density at radius 1 is 1.67 bits per heavy atom. The molecule has 78 valence electrons. The predicted molar refractivity (Wildman–Crippen MR) is 61.2 cm³/mol. The summed E-state index contributed by atoms with van der Waals surface area (Å²) in [6.07, 6.45) is 1.69. The lowest BCUT2D eigenvalue weighted by Crippen LogP contribution is -1.93. The first kappa shape index (κ1) is 10.4. The van der Waals surface area contributed by atoms with E-state index in [1.807, 2.05) is 12.4 Å². The third-order valence-corrected chi connectivity index (χ3v) is 3.48. The number of nitrogens with zero attached hydrogens (tertiary/aromatic N) is 2. The van der Waals surface area contributed by atoms with Gasteiger partial charge in [-0.2, -0.15) is 5.10 Å². The molecule has 0 aromatic carbocycles. The molecule has 2 rings (SSSR count). The van der Waals surface area contributed by atoms with Crippen molar-refractivity contribution < 1.29 is 9.90 Å². The van der Waals surface area contributed by atoms with E-state index in [1.165, 1.54) is 11.3 Å². The highest BCUT2D eigenvalue weighted by atomic mass is 79.9. The molecule has 0 aliphatic heterocycles. The van der Waals surface area contributed by atoms with Crippen LogP contribution in [0.2, 0.25) is 0 Å². The number of rotatable bonds is 2. The second-order valence-corrected chi connectivity index (χ2v) is 4.74. The summed E-state index contributed by atoms with van der Waals surface area (Å²) >= 11 is 4.59. The van der Waals surface area contributed by atoms with Gasteiger partial charge in [-0.25, -0.2) is 4.79 Å². The van der Waals surface area contributed by atoms with Crippen molar-refractivity contribution in [1.82, 2.24) is 9.78 Å². The highest BCUT2D eigenvalue weighted by molar-refractivity contribution is 9.10. The molecule has 15 heavy (non-hydrogen) atoms. The number of hydrogen-bond donors (Lipinski definition) is 1. The Morgan fingerprint density at radius 3 is 2.87 bits per heavy atom. The van der Waals surface area contributed by atoms with Gasteiger partial charge in [-0.1, -0.05) is 0 Å². The third-order valence-electron chi connectivity index (χ3n) is 1.98. The number of carboxylic acids is 1. The maximum Gasteiger partial charge on any atom is 0.345 e. The molecule has 1 N–H and O–H groups in total. The Balaban J connectivity index is 2.50. The fraction of sp³-hybridized carbons (Fsp3) is 0.111. The van der Waals surface area contributed by atoms with Crippen LogP contribution >= 0.6 is 27.3 Å². The minimum atomic E-state index is -0.899. The van der Waals surface area contributed by atoms with Crippen LogP contribution in [0.25, 0.3) is 11.3 Å². The van der Waals surface area contributed by atoms with Crippen LogP contribution in [0.1, 0.15) is 9.67 Å². The van der Waals surface area contributed by atoms with Gasteiger partial charge in [0.2, 0.25) is 0 Å². The van der Waals surface area contributed by atoms with E-state index in [2.05, 4.69) is 21.0 Å². The summed E-state index contributed by atoms with van der Waals surface area (Å²) in [7, 11) is 1.82. The first-order valence-electron chi connectivity index (χ1n) is 4.09. The summed E-state index contributed by atoms with van der Waals surface area (Å²) in [4.78, 5) is 11.1. The topological polar surface area (TPSA) is 55.1 Å². The van der Waals surface area contributed by atoms with Crippen molar-refractivity contribution in [3.8, 4) is 11.3 Å². The molecule has 0 atom stereocenters. The number of aromatic carboxylic acids is 1. The third kappa shape index (κ3) is 1.82. The molecule has 0 fully saturated rings. The van der Waals surface area contributed by atoms with E-state index in [9.17, 15) is 4.79 Å². The van der Waals surface area contributed by atoms with E-state index in [0.29, 0.717) is 4.88 Å². The van der Waals surface area contributed by atoms with E-state index in [-0.39, 0.29) is 0 Å². The van der Waals surface area contributed by atoms with Crippen LogP contribution in [-0.4, -0.2) is 20.9 Å². The van der Waals surface area contributed by atoms with Crippen molar-refractivity contribution in [2.45, 2.75) is 0 Å². The fourth-order valence-electron chi connectivity index (χ4n) is 1.31. The number of thiophene rings is 1. The van der Waals surface area contributed by atoms with Gasteiger partial charge in [-0.3, -0.25) is 4.68 Å². The van der Waals surface area contributed by atoms with E-state index >= 15 is 0 Å². The zero-order chi connectivity index (χ0) is 11.0. The molecule has 0 bridgehead atoms. The summed E-state index contributed by atoms with van der Waals surface area (Å²) in [5.74, 6) is -0.899. The van der Waals surface area contributed by atoms with Crippen molar-refractivity contribution in [3.63, 3.8) is 0 Å². The number of hydrogen-bond acceptors (Lipinski definition) is 3. The zero-order valence-corrected chi connectivity index (χ0v) is 10.2. The number of halogens is 1. The molecule has 0 saturated heterocycles. The number of aromatic nitrogens is 2. The molecule has 0 unspecified atom stereocenters. The lowest BCUT2D eigenvalue weighted by Gasteiger charge is -1.98. The number of aryl methyl sites for hydroxylation is 1. The standard InChI is InChI=1S/C9H7BrN2O2S/c1-12-8(6(10)3-11-12)5-2-7(9(13)14)15-4-5/h2-4H,1H3,(H,13,14). The maximum absolute atomic E-state index is 10.7. The van der Waals surface area contributed by atoms with Crippen LogP contribution in [0, 0.1) is 0 Å². The number of carbonyl (C=O) groups is 1. The van der Waals surface area contributed by atoms with Gasteiger partial charge in [0.15, 0.2) is 0 Å². The van der Waals surface area contributed by atoms with Crippen LogP contribution in [0.3, 0.4) is 0 Å². The molecule has 0 amide bonds. The molecule has 2 aromatic rings. The average molecular weight is 287 g/mol. The van der Waals surface area contributed by atoms with Crippen molar-refractivity contribution >= 4 is 33.2 Å². The minimum absolute atomic E-state index is 0.332. The van der Waals surface area contributed by atoms with E-state index in [1.54, 1.807) is 16.9 Å². The fourth-order valence-corrected chi connectivity index (χ4v) is 2.61. The lowest BCUT2D eigenvalue weighted by molar-refractivity contribution is 0.0702. The smallest absolute Gasteiger partial charge is 0.345 e. The second kappa shape index (κ2) is 3.79. The Labute approximate surface area is 98.3 Å². The van der Waals surface area contributed by atoms with Crippen LogP contribution < -0.4 is 0 Å². The van der Waals surface area contributed by atoms with E-state index in [4.69, 9.17) is 5.11 Å². The second-order valence-electron chi connectivity index (χ2n) is 2.97. The molecule has 0 saturated carbocycles. The largest absolute Gasteiger partial charge is 0.477 e. The van der Waals surface area contributed by atoms with Crippen molar-refractivity contribution in [2.75, 3.05) is 0 Å². The lowest BCUT2D eigenvalue weighted by atomic mass is 10.2. The summed E-state index contributed by atoms with van der Waals surface area (Å²) < 4.78 is 2.57. The van der Waals surface area contributed by atoms with Crippen LogP contribution in [0.4, 0.5) is 0 Å². The molecule has 0 spiro atoms. The molecule has 0 aliphatic carbocycles. The summed E-state index contributed by atoms with van der Waals surface area (Å²) in [5.41, 5.74) is 1.75.